The third-order valence-electron chi connectivity index (χ3n) is 3.68. The lowest BCUT2D eigenvalue weighted by Gasteiger charge is -2.32. The minimum absolute atomic E-state index is 0.532. The molecule has 0 bridgehead atoms. The molecule has 19 heavy (non-hydrogen) atoms. The summed E-state index contributed by atoms with van der Waals surface area (Å²) in [5.41, 5.74) is 0. The predicted molar refractivity (Wildman–Crippen MR) is 85.2 cm³/mol. The Kier molecular flexibility index (Phi) is 5.93. The molecular weight excluding hydrogens is 372 g/mol. The molecule has 1 unspecified atom stereocenters. The Morgan fingerprint density at radius 2 is 2.26 bits per heavy atom. The van der Waals surface area contributed by atoms with Crippen LogP contribution in [0.4, 0.5) is 0 Å². The zero-order valence-electron chi connectivity index (χ0n) is 11.6. The van der Waals surface area contributed by atoms with Crippen molar-refractivity contribution in [3.63, 3.8) is 0 Å². The highest BCUT2D eigenvalue weighted by Gasteiger charge is 2.20. The van der Waals surface area contributed by atoms with Crippen LogP contribution >= 0.6 is 31.9 Å². The van der Waals surface area contributed by atoms with E-state index in [1.54, 1.807) is 0 Å². The fourth-order valence-corrected chi connectivity index (χ4v) is 3.20. The van der Waals surface area contributed by atoms with E-state index in [0.717, 1.165) is 40.5 Å². The number of halogens is 2. The van der Waals surface area contributed by atoms with Crippen LogP contribution in [0.1, 0.15) is 32.4 Å². The van der Waals surface area contributed by atoms with Gasteiger partial charge in [0, 0.05) is 12.6 Å². The highest BCUT2D eigenvalue weighted by Crippen LogP contribution is 2.28. The van der Waals surface area contributed by atoms with Gasteiger partial charge in [-0.1, -0.05) is 0 Å². The van der Waals surface area contributed by atoms with Crippen molar-refractivity contribution in [2.75, 3.05) is 19.6 Å². The first kappa shape index (κ1) is 15.5. The molecule has 1 saturated heterocycles. The molecule has 2 heterocycles. The molecule has 1 aliphatic heterocycles. The first-order valence-electron chi connectivity index (χ1n) is 6.94. The largest absolute Gasteiger partial charge is 0.452 e. The van der Waals surface area contributed by atoms with Crippen molar-refractivity contribution < 1.29 is 4.42 Å². The lowest BCUT2D eigenvalue weighted by molar-refractivity contribution is 0.152. The molecule has 0 radical (unpaired) electrons. The van der Waals surface area contributed by atoms with E-state index in [2.05, 4.69) is 62.0 Å². The molecule has 1 fully saturated rings. The Balaban J connectivity index is 1.95. The van der Waals surface area contributed by atoms with Gasteiger partial charge in [0.15, 0.2) is 4.67 Å². The molecule has 0 amide bonds. The zero-order chi connectivity index (χ0) is 13.8. The summed E-state index contributed by atoms with van der Waals surface area (Å²) in [5.74, 6) is 1.77. The maximum Gasteiger partial charge on any atom is 0.183 e. The lowest BCUT2D eigenvalue weighted by Crippen LogP contribution is -2.40. The Morgan fingerprint density at radius 1 is 1.47 bits per heavy atom. The molecule has 1 N–H and O–H groups in total. The van der Waals surface area contributed by atoms with Gasteiger partial charge in [0.25, 0.3) is 0 Å². The Morgan fingerprint density at radius 3 is 2.79 bits per heavy atom. The van der Waals surface area contributed by atoms with Crippen LogP contribution < -0.4 is 5.32 Å². The first-order valence-corrected chi connectivity index (χ1v) is 8.53. The molecule has 0 aliphatic carbocycles. The molecule has 1 aliphatic rings. The van der Waals surface area contributed by atoms with Crippen molar-refractivity contribution in [1.82, 2.24) is 10.2 Å². The second-order valence-corrected chi connectivity index (χ2v) is 7.14. The van der Waals surface area contributed by atoms with E-state index in [1.165, 1.54) is 19.4 Å². The quantitative estimate of drug-likeness (QED) is 0.818. The molecule has 0 spiro atoms. The summed E-state index contributed by atoms with van der Waals surface area (Å²) in [6.07, 6.45) is 2.64. The summed E-state index contributed by atoms with van der Waals surface area (Å²) in [7, 11) is 0. The maximum absolute atomic E-state index is 5.70. The smallest absolute Gasteiger partial charge is 0.183 e. The molecule has 108 valence electrons. The summed E-state index contributed by atoms with van der Waals surface area (Å²) in [6, 6.07) is 2.59. The Bertz CT molecular complexity index is 381. The first-order chi connectivity index (χ1) is 9.06. The van der Waals surface area contributed by atoms with Crippen LogP contribution in [0.15, 0.2) is 19.6 Å². The standard InChI is InChI=1S/C14H22Br2N2O/c1-10(2)18(8-11-4-3-5-17-7-11)9-12-6-13(15)14(16)19-12/h6,10-11,17H,3-5,7-9H2,1-2H3. The summed E-state index contributed by atoms with van der Waals surface area (Å²) >= 11 is 6.87. The third-order valence-corrected chi connectivity index (χ3v) is 5.39. The molecule has 2 rings (SSSR count). The monoisotopic (exact) mass is 392 g/mol. The maximum atomic E-state index is 5.70. The van der Waals surface area contributed by atoms with Gasteiger partial charge in [0.2, 0.25) is 0 Å². The number of piperidine rings is 1. The van der Waals surface area contributed by atoms with Gasteiger partial charge in [0.1, 0.15) is 5.76 Å². The number of hydrogen-bond donors (Lipinski definition) is 1. The van der Waals surface area contributed by atoms with Gasteiger partial charge in [-0.3, -0.25) is 4.90 Å². The van der Waals surface area contributed by atoms with Crippen molar-refractivity contribution >= 4 is 31.9 Å². The van der Waals surface area contributed by atoms with E-state index in [1.807, 2.05) is 0 Å². The number of rotatable bonds is 5. The molecule has 1 aromatic rings. The van der Waals surface area contributed by atoms with E-state index < -0.39 is 0 Å². The molecule has 0 saturated carbocycles. The summed E-state index contributed by atoms with van der Waals surface area (Å²) in [5, 5.41) is 3.49. The minimum atomic E-state index is 0.532. The average Bonchev–Trinajstić information content (AvgIpc) is 2.69. The van der Waals surface area contributed by atoms with Gasteiger partial charge in [-0.05, 0) is 83.6 Å². The zero-order valence-corrected chi connectivity index (χ0v) is 14.8. The van der Waals surface area contributed by atoms with Crippen LogP contribution in [0.5, 0.6) is 0 Å². The number of furan rings is 1. The fourth-order valence-electron chi connectivity index (χ4n) is 2.54. The normalized spacial score (nSPS) is 20.4. The van der Waals surface area contributed by atoms with Crippen LogP contribution in [-0.2, 0) is 6.54 Å². The second-order valence-electron chi connectivity index (χ2n) is 5.57. The van der Waals surface area contributed by atoms with E-state index in [9.17, 15) is 0 Å². The summed E-state index contributed by atoms with van der Waals surface area (Å²) in [4.78, 5) is 2.50. The average molecular weight is 394 g/mol. The number of nitrogens with one attached hydrogen (secondary N) is 1. The van der Waals surface area contributed by atoms with Crippen LogP contribution in [0.2, 0.25) is 0 Å². The molecule has 0 aromatic carbocycles. The molecule has 1 atom stereocenters. The number of nitrogens with zero attached hydrogens (tertiary/aromatic N) is 1. The predicted octanol–water partition coefficient (Wildman–Crippen LogP) is 4.01. The topological polar surface area (TPSA) is 28.4 Å². The molecule has 3 nitrogen and oxygen atoms in total. The highest BCUT2D eigenvalue weighted by molar-refractivity contribution is 9.13. The van der Waals surface area contributed by atoms with Crippen LogP contribution in [0.25, 0.3) is 0 Å². The van der Waals surface area contributed by atoms with Crippen LogP contribution in [0.3, 0.4) is 0 Å². The van der Waals surface area contributed by atoms with Gasteiger partial charge >= 0.3 is 0 Å². The van der Waals surface area contributed by atoms with Gasteiger partial charge in [-0.25, -0.2) is 0 Å². The van der Waals surface area contributed by atoms with E-state index in [0.29, 0.717) is 6.04 Å². The van der Waals surface area contributed by atoms with Gasteiger partial charge < -0.3 is 9.73 Å². The third kappa shape index (κ3) is 4.59. The minimum Gasteiger partial charge on any atom is -0.452 e. The van der Waals surface area contributed by atoms with Crippen LogP contribution in [0, 0.1) is 5.92 Å². The van der Waals surface area contributed by atoms with Gasteiger partial charge in [0.05, 0.1) is 11.0 Å². The Hall–Kier alpha value is 0.160. The van der Waals surface area contributed by atoms with Gasteiger partial charge in [-0.2, -0.15) is 0 Å². The second kappa shape index (κ2) is 7.25. The SMILES string of the molecule is CC(C)N(Cc1cc(Br)c(Br)o1)CC1CCCNC1. The lowest BCUT2D eigenvalue weighted by atomic mass is 9.98. The number of hydrogen-bond acceptors (Lipinski definition) is 3. The van der Waals surface area contributed by atoms with Gasteiger partial charge in [-0.15, -0.1) is 0 Å². The van der Waals surface area contributed by atoms with Crippen molar-refractivity contribution in [2.45, 2.75) is 39.3 Å². The van der Waals surface area contributed by atoms with Crippen molar-refractivity contribution in [3.8, 4) is 0 Å². The van der Waals surface area contributed by atoms with E-state index in [-0.39, 0.29) is 0 Å². The summed E-state index contributed by atoms with van der Waals surface area (Å²) < 4.78 is 7.47. The highest BCUT2D eigenvalue weighted by atomic mass is 79.9. The van der Waals surface area contributed by atoms with Crippen LogP contribution in [-0.4, -0.2) is 30.6 Å². The van der Waals surface area contributed by atoms with E-state index >= 15 is 0 Å². The van der Waals surface area contributed by atoms with Crippen molar-refractivity contribution in [1.29, 1.82) is 0 Å². The fraction of sp³-hybridized carbons (Fsp3) is 0.714. The van der Waals surface area contributed by atoms with Crippen molar-refractivity contribution in [2.24, 2.45) is 5.92 Å². The van der Waals surface area contributed by atoms with Crippen molar-refractivity contribution in [3.05, 3.63) is 21.0 Å². The Labute approximate surface area is 132 Å². The molecular formula is C14H22Br2N2O. The summed E-state index contributed by atoms with van der Waals surface area (Å²) in [6.45, 7) is 8.84. The molecule has 5 heteroatoms. The van der Waals surface area contributed by atoms with E-state index in [4.69, 9.17) is 4.42 Å². The molecule has 1 aromatic heterocycles.